The van der Waals surface area contributed by atoms with Gasteiger partial charge in [-0.3, -0.25) is 4.79 Å². The molecule has 0 radical (unpaired) electrons. The Kier molecular flexibility index (Phi) is 5.09. The highest BCUT2D eigenvalue weighted by Crippen LogP contribution is 2.28. The second-order valence-corrected chi connectivity index (χ2v) is 5.79. The molecular formula is C19H21NO5. The molecule has 1 aliphatic rings. The van der Waals surface area contributed by atoms with E-state index in [1.807, 2.05) is 18.2 Å². The van der Waals surface area contributed by atoms with E-state index in [0.29, 0.717) is 23.7 Å². The van der Waals surface area contributed by atoms with Crippen LogP contribution >= 0.6 is 0 Å². The van der Waals surface area contributed by atoms with Crippen molar-refractivity contribution in [3.05, 3.63) is 53.1 Å². The van der Waals surface area contributed by atoms with Gasteiger partial charge in [0.05, 0.1) is 26.9 Å². The van der Waals surface area contributed by atoms with Gasteiger partial charge in [-0.2, -0.15) is 0 Å². The fraction of sp³-hybridized carbons (Fsp3) is 0.316. The van der Waals surface area contributed by atoms with Gasteiger partial charge in [-0.25, -0.2) is 0 Å². The highest BCUT2D eigenvalue weighted by atomic mass is 16.5. The number of aliphatic hydroxyl groups is 1. The van der Waals surface area contributed by atoms with E-state index in [1.165, 1.54) is 14.2 Å². The van der Waals surface area contributed by atoms with Gasteiger partial charge in [-0.05, 0) is 35.4 Å². The van der Waals surface area contributed by atoms with E-state index in [1.54, 1.807) is 18.2 Å². The van der Waals surface area contributed by atoms with Crippen molar-refractivity contribution in [2.24, 2.45) is 0 Å². The summed E-state index contributed by atoms with van der Waals surface area (Å²) < 4.78 is 15.8. The molecular weight excluding hydrogens is 322 g/mol. The molecule has 1 unspecified atom stereocenters. The summed E-state index contributed by atoms with van der Waals surface area (Å²) in [5.74, 6) is 1.62. The Labute approximate surface area is 146 Å². The minimum atomic E-state index is -0.789. The number of fused-ring (bicyclic) bond motifs is 1. The van der Waals surface area contributed by atoms with Gasteiger partial charge < -0.3 is 24.6 Å². The number of methoxy groups -OCH3 is 2. The highest BCUT2D eigenvalue weighted by molar-refractivity contribution is 5.95. The summed E-state index contributed by atoms with van der Waals surface area (Å²) in [5.41, 5.74) is 2.25. The number of nitrogens with one attached hydrogen (secondary N) is 1. The lowest BCUT2D eigenvalue weighted by molar-refractivity contribution is 0.0915. The number of carbonyl (C=O) groups is 1. The predicted octanol–water partition coefficient (Wildman–Crippen LogP) is 2.10. The molecule has 0 bridgehead atoms. The Balaban J connectivity index is 1.65. The minimum absolute atomic E-state index is 0.109. The number of amides is 1. The number of benzene rings is 2. The van der Waals surface area contributed by atoms with Crippen molar-refractivity contribution in [2.75, 3.05) is 27.4 Å². The molecule has 3 rings (SSSR count). The Hall–Kier alpha value is -2.73. The number of ether oxygens (including phenoxy) is 3. The molecule has 0 aliphatic carbocycles. The molecule has 6 heteroatoms. The standard InChI is InChI=1S/C19H21NO5/c1-23-15-8-14(9-16(10-15)24-2)19(22)20-11-17(21)12-3-4-18-13(7-12)5-6-25-18/h3-4,7-10,17,21H,5-6,11H2,1-2H3,(H,20,22). The van der Waals surface area contributed by atoms with Crippen molar-refractivity contribution in [2.45, 2.75) is 12.5 Å². The third-order valence-corrected chi connectivity index (χ3v) is 4.17. The maximum atomic E-state index is 12.4. The van der Waals surface area contributed by atoms with Crippen LogP contribution in [0.15, 0.2) is 36.4 Å². The molecule has 2 aromatic carbocycles. The summed E-state index contributed by atoms with van der Waals surface area (Å²) in [4.78, 5) is 12.4. The monoisotopic (exact) mass is 343 g/mol. The first-order chi connectivity index (χ1) is 12.1. The SMILES string of the molecule is COc1cc(OC)cc(C(=O)NCC(O)c2ccc3c(c2)CCO3)c1. The van der Waals surface area contributed by atoms with Crippen molar-refractivity contribution in [3.8, 4) is 17.2 Å². The van der Waals surface area contributed by atoms with Gasteiger partial charge in [0.25, 0.3) is 5.91 Å². The average Bonchev–Trinajstić information content (AvgIpc) is 3.12. The zero-order valence-electron chi connectivity index (χ0n) is 14.2. The van der Waals surface area contributed by atoms with Gasteiger partial charge >= 0.3 is 0 Å². The van der Waals surface area contributed by atoms with Gasteiger partial charge in [-0.1, -0.05) is 6.07 Å². The summed E-state index contributed by atoms with van der Waals surface area (Å²) >= 11 is 0. The summed E-state index contributed by atoms with van der Waals surface area (Å²) in [5, 5.41) is 13.1. The topological polar surface area (TPSA) is 77.0 Å². The second kappa shape index (κ2) is 7.44. The minimum Gasteiger partial charge on any atom is -0.497 e. The first kappa shape index (κ1) is 17.1. The lowest BCUT2D eigenvalue weighted by Crippen LogP contribution is -2.28. The molecule has 1 aliphatic heterocycles. The van der Waals surface area contributed by atoms with Crippen molar-refractivity contribution in [1.29, 1.82) is 0 Å². The number of carbonyl (C=O) groups excluding carboxylic acids is 1. The van der Waals surface area contributed by atoms with E-state index in [0.717, 1.165) is 23.3 Å². The lowest BCUT2D eigenvalue weighted by Gasteiger charge is -2.14. The van der Waals surface area contributed by atoms with Crippen LogP contribution in [0.25, 0.3) is 0 Å². The normalized spacial score (nSPS) is 13.6. The molecule has 1 atom stereocenters. The first-order valence-corrected chi connectivity index (χ1v) is 8.05. The smallest absolute Gasteiger partial charge is 0.251 e. The number of hydrogen-bond donors (Lipinski definition) is 2. The Morgan fingerprint density at radius 2 is 1.92 bits per heavy atom. The van der Waals surface area contributed by atoms with Crippen LogP contribution in [0.3, 0.4) is 0 Å². The van der Waals surface area contributed by atoms with E-state index in [2.05, 4.69) is 5.32 Å². The average molecular weight is 343 g/mol. The predicted molar refractivity (Wildman–Crippen MR) is 92.5 cm³/mol. The molecule has 0 saturated heterocycles. The van der Waals surface area contributed by atoms with Crippen LogP contribution in [0.4, 0.5) is 0 Å². The zero-order chi connectivity index (χ0) is 17.8. The number of rotatable bonds is 6. The van der Waals surface area contributed by atoms with Crippen LogP contribution in [-0.4, -0.2) is 38.4 Å². The van der Waals surface area contributed by atoms with Crippen LogP contribution in [0, 0.1) is 0 Å². The van der Waals surface area contributed by atoms with Crippen LogP contribution in [0.2, 0.25) is 0 Å². The molecule has 2 N–H and O–H groups in total. The van der Waals surface area contributed by atoms with Crippen LogP contribution in [-0.2, 0) is 6.42 Å². The van der Waals surface area contributed by atoms with Crippen LogP contribution in [0.1, 0.15) is 27.6 Å². The molecule has 6 nitrogen and oxygen atoms in total. The Morgan fingerprint density at radius 1 is 1.20 bits per heavy atom. The summed E-state index contributed by atoms with van der Waals surface area (Å²) in [6, 6.07) is 10.5. The van der Waals surface area contributed by atoms with Gasteiger partial charge in [0.15, 0.2) is 0 Å². The van der Waals surface area contributed by atoms with Gasteiger partial charge in [0.2, 0.25) is 0 Å². The van der Waals surface area contributed by atoms with E-state index in [4.69, 9.17) is 14.2 Å². The quantitative estimate of drug-likeness (QED) is 0.840. The molecule has 132 valence electrons. The molecule has 0 fully saturated rings. The molecule has 0 aromatic heterocycles. The molecule has 1 amide bonds. The largest absolute Gasteiger partial charge is 0.497 e. The van der Waals surface area contributed by atoms with Crippen LogP contribution < -0.4 is 19.5 Å². The lowest BCUT2D eigenvalue weighted by atomic mass is 10.0. The van der Waals surface area contributed by atoms with Gasteiger partial charge in [0, 0.05) is 24.6 Å². The fourth-order valence-corrected chi connectivity index (χ4v) is 2.76. The molecule has 0 spiro atoms. The van der Waals surface area contributed by atoms with Crippen LogP contribution in [0.5, 0.6) is 17.2 Å². The fourth-order valence-electron chi connectivity index (χ4n) is 2.76. The van der Waals surface area contributed by atoms with E-state index < -0.39 is 6.10 Å². The summed E-state index contributed by atoms with van der Waals surface area (Å²) in [6.07, 6.45) is 0.0497. The Bertz CT molecular complexity index is 752. The van der Waals surface area contributed by atoms with Crippen molar-refractivity contribution in [1.82, 2.24) is 5.32 Å². The molecule has 1 heterocycles. The molecule has 25 heavy (non-hydrogen) atoms. The van der Waals surface area contributed by atoms with Gasteiger partial charge in [-0.15, -0.1) is 0 Å². The summed E-state index contributed by atoms with van der Waals surface area (Å²) in [7, 11) is 3.05. The van der Waals surface area contributed by atoms with E-state index in [9.17, 15) is 9.90 Å². The van der Waals surface area contributed by atoms with Crippen molar-refractivity contribution in [3.63, 3.8) is 0 Å². The van der Waals surface area contributed by atoms with Gasteiger partial charge in [0.1, 0.15) is 17.2 Å². The van der Waals surface area contributed by atoms with E-state index >= 15 is 0 Å². The Morgan fingerprint density at radius 3 is 2.60 bits per heavy atom. The number of aliphatic hydroxyl groups excluding tert-OH is 1. The first-order valence-electron chi connectivity index (χ1n) is 8.05. The molecule has 2 aromatic rings. The van der Waals surface area contributed by atoms with Crippen molar-refractivity contribution < 1.29 is 24.1 Å². The highest BCUT2D eigenvalue weighted by Gasteiger charge is 2.17. The second-order valence-electron chi connectivity index (χ2n) is 5.79. The van der Waals surface area contributed by atoms with E-state index in [-0.39, 0.29) is 12.5 Å². The maximum absolute atomic E-state index is 12.4. The number of hydrogen-bond acceptors (Lipinski definition) is 5. The summed E-state index contributed by atoms with van der Waals surface area (Å²) in [6.45, 7) is 0.779. The third kappa shape index (κ3) is 3.85. The maximum Gasteiger partial charge on any atom is 0.251 e. The van der Waals surface area contributed by atoms with Crippen molar-refractivity contribution >= 4 is 5.91 Å². The third-order valence-electron chi connectivity index (χ3n) is 4.17. The molecule has 0 saturated carbocycles. The zero-order valence-corrected chi connectivity index (χ0v) is 14.2.